The van der Waals surface area contributed by atoms with E-state index in [2.05, 4.69) is 4.90 Å². The van der Waals surface area contributed by atoms with Crippen molar-refractivity contribution < 1.29 is 9.32 Å². The van der Waals surface area contributed by atoms with Crippen LogP contribution in [0.4, 0.5) is 0 Å². The Balaban J connectivity index is 2.00. The second-order valence-electron chi connectivity index (χ2n) is 6.20. The average molecular weight is 354 g/mol. The SMILES string of the molecule is CN(C)CCCN=C(C1=C(O)c2ccccc2S1=O)c1ccccc1. The molecule has 0 aliphatic carbocycles. The van der Waals surface area contributed by atoms with Gasteiger partial charge in [-0.25, -0.2) is 4.21 Å². The zero-order valence-corrected chi connectivity index (χ0v) is 15.3. The van der Waals surface area contributed by atoms with Crippen LogP contribution < -0.4 is 0 Å². The Hall–Kier alpha value is -2.24. The lowest BCUT2D eigenvalue weighted by Gasteiger charge is -2.10. The van der Waals surface area contributed by atoms with Crippen molar-refractivity contribution >= 4 is 22.3 Å². The summed E-state index contributed by atoms with van der Waals surface area (Å²) >= 11 is 0. The number of fused-ring (bicyclic) bond motifs is 1. The van der Waals surface area contributed by atoms with Crippen LogP contribution in [0.15, 0.2) is 69.4 Å². The number of benzene rings is 2. The van der Waals surface area contributed by atoms with Crippen LogP contribution in [-0.4, -0.2) is 47.1 Å². The van der Waals surface area contributed by atoms with Crippen molar-refractivity contribution in [3.63, 3.8) is 0 Å². The fourth-order valence-electron chi connectivity index (χ4n) is 2.81. The fraction of sp³-hybridized carbons (Fsp3) is 0.250. The maximum Gasteiger partial charge on any atom is 0.142 e. The molecule has 4 nitrogen and oxygen atoms in total. The molecule has 3 rings (SSSR count). The Morgan fingerprint density at radius 1 is 1.08 bits per heavy atom. The first-order chi connectivity index (χ1) is 12.1. The van der Waals surface area contributed by atoms with Crippen molar-refractivity contribution in [2.45, 2.75) is 11.3 Å². The Morgan fingerprint density at radius 3 is 2.44 bits per heavy atom. The third-order valence-corrected chi connectivity index (χ3v) is 5.55. The molecule has 0 saturated carbocycles. The summed E-state index contributed by atoms with van der Waals surface area (Å²) in [5.41, 5.74) is 2.12. The van der Waals surface area contributed by atoms with Gasteiger partial charge in [0.15, 0.2) is 0 Å². The lowest BCUT2D eigenvalue weighted by atomic mass is 10.1. The topological polar surface area (TPSA) is 52.9 Å². The van der Waals surface area contributed by atoms with Gasteiger partial charge < -0.3 is 10.0 Å². The van der Waals surface area contributed by atoms with Crippen molar-refractivity contribution in [1.82, 2.24) is 4.90 Å². The third kappa shape index (κ3) is 3.72. The van der Waals surface area contributed by atoms with Crippen LogP contribution in [0.1, 0.15) is 17.5 Å². The minimum Gasteiger partial charge on any atom is -0.506 e. The molecule has 0 amide bonds. The van der Waals surface area contributed by atoms with Crippen LogP contribution in [0.5, 0.6) is 0 Å². The molecule has 0 fully saturated rings. The van der Waals surface area contributed by atoms with E-state index in [1.807, 2.05) is 56.6 Å². The van der Waals surface area contributed by atoms with Crippen molar-refractivity contribution in [2.24, 2.45) is 4.99 Å². The van der Waals surface area contributed by atoms with Gasteiger partial charge in [-0.2, -0.15) is 0 Å². The van der Waals surface area contributed by atoms with Crippen molar-refractivity contribution in [3.05, 3.63) is 70.6 Å². The molecular weight excluding hydrogens is 332 g/mol. The van der Waals surface area contributed by atoms with E-state index in [1.54, 1.807) is 12.1 Å². The number of rotatable bonds is 6. The second kappa shape index (κ2) is 7.76. The molecule has 0 aromatic heterocycles. The van der Waals surface area contributed by atoms with Crippen LogP contribution in [0, 0.1) is 0 Å². The highest BCUT2D eigenvalue weighted by Gasteiger charge is 2.32. The standard InChI is InChI=1S/C20H22N2O2S/c1-22(2)14-8-13-21-18(15-9-4-3-5-10-15)20-19(23)16-11-6-7-12-17(16)25(20)24/h3-7,9-12,23H,8,13-14H2,1-2H3. The van der Waals surface area contributed by atoms with Crippen LogP contribution in [0.2, 0.25) is 0 Å². The molecule has 0 radical (unpaired) electrons. The molecule has 25 heavy (non-hydrogen) atoms. The highest BCUT2D eigenvalue weighted by molar-refractivity contribution is 7.90. The molecule has 1 unspecified atom stereocenters. The fourth-order valence-corrected chi connectivity index (χ4v) is 4.24. The highest BCUT2D eigenvalue weighted by atomic mass is 32.2. The molecule has 0 bridgehead atoms. The first-order valence-electron chi connectivity index (χ1n) is 8.29. The average Bonchev–Trinajstić information content (AvgIpc) is 2.87. The molecule has 1 aliphatic heterocycles. The number of aliphatic imine (C=N–C) groups is 1. The molecule has 1 N–H and O–H groups in total. The largest absolute Gasteiger partial charge is 0.506 e. The first-order valence-corrected chi connectivity index (χ1v) is 9.44. The van der Waals surface area contributed by atoms with Crippen molar-refractivity contribution in [2.75, 3.05) is 27.2 Å². The zero-order valence-electron chi connectivity index (χ0n) is 14.5. The number of allylic oxidation sites excluding steroid dienone is 1. The predicted molar refractivity (Wildman–Crippen MR) is 103 cm³/mol. The number of aliphatic hydroxyl groups is 1. The number of hydrogen-bond donors (Lipinski definition) is 1. The summed E-state index contributed by atoms with van der Waals surface area (Å²) in [5, 5.41) is 10.7. The molecular formula is C20H22N2O2S. The lowest BCUT2D eigenvalue weighted by Crippen LogP contribution is -2.15. The molecule has 0 spiro atoms. The van der Waals surface area contributed by atoms with Gasteiger partial charge in [0.2, 0.25) is 0 Å². The van der Waals surface area contributed by atoms with E-state index in [-0.39, 0.29) is 5.76 Å². The molecule has 1 aliphatic rings. The van der Waals surface area contributed by atoms with E-state index < -0.39 is 10.8 Å². The van der Waals surface area contributed by atoms with E-state index in [4.69, 9.17) is 4.99 Å². The molecule has 1 atom stereocenters. The van der Waals surface area contributed by atoms with Gasteiger partial charge in [0, 0.05) is 17.7 Å². The minimum absolute atomic E-state index is 0.0733. The van der Waals surface area contributed by atoms with E-state index in [0.717, 1.165) is 18.5 Å². The van der Waals surface area contributed by atoms with Gasteiger partial charge in [-0.05, 0) is 39.2 Å². The lowest BCUT2D eigenvalue weighted by molar-refractivity contribution is 0.403. The van der Waals surface area contributed by atoms with Crippen LogP contribution in [0.25, 0.3) is 5.76 Å². The van der Waals surface area contributed by atoms with E-state index >= 15 is 0 Å². The van der Waals surface area contributed by atoms with Gasteiger partial charge in [0.05, 0.1) is 21.4 Å². The first kappa shape index (κ1) is 17.6. The number of aliphatic hydroxyl groups excluding tert-OH is 1. The van der Waals surface area contributed by atoms with Crippen molar-refractivity contribution in [1.29, 1.82) is 0 Å². The zero-order chi connectivity index (χ0) is 17.8. The summed E-state index contributed by atoms with van der Waals surface area (Å²) in [5.74, 6) is 0.0733. The Kier molecular flexibility index (Phi) is 5.46. The smallest absolute Gasteiger partial charge is 0.142 e. The molecule has 130 valence electrons. The summed E-state index contributed by atoms with van der Waals surface area (Å²) in [7, 11) is 2.63. The normalized spacial score (nSPS) is 17.2. The van der Waals surface area contributed by atoms with Gasteiger partial charge in [-0.3, -0.25) is 4.99 Å². The summed E-state index contributed by atoms with van der Waals surface area (Å²) in [6.45, 7) is 1.55. The maximum absolute atomic E-state index is 13.0. The van der Waals surface area contributed by atoms with Gasteiger partial charge in [0.25, 0.3) is 0 Å². The summed E-state index contributed by atoms with van der Waals surface area (Å²) in [6.07, 6.45) is 0.900. The van der Waals surface area contributed by atoms with E-state index in [0.29, 0.717) is 27.6 Å². The monoisotopic (exact) mass is 354 g/mol. The van der Waals surface area contributed by atoms with Gasteiger partial charge in [-0.1, -0.05) is 42.5 Å². The summed E-state index contributed by atoms with van der Waals surface area (Å²) in [4.78, 5) is 7.88. The van der Waals surface area contributed by atoms with E-state index in [1.165, 1.54) is 0 Å². The Morgan fingerprint density at radius 2 is 1.76 bits per heavy atom. The summed E-state index contributed by atoms with van der Waals surface area (Å²) < 4.78 is 13.0. The maximum atomic E-state index is 13.0. The molecule has 2 aromatic carbocycles. The second-order valence-corrected chi connectivity index (χ2v) is 7.58. The Bertz CT molecular complexity index is 842. The molecule has 5 heteroatoms. The number of hydrogen-bond acceptors (Lipinski definition) is 4. The van der Waals surface area contributed by atoms with E-state index in [9.17, 15) is 9.32 Å². The highest BCUT2D eigenvalue weighted by Crippen LogP contribution is 2.36. The predicted octanol–water partition coefficient (Wildman–Crippen LogP) is 3.48. The minimum atomic E-state index is -1.42. The Labute approximate surface area is 151 Å². The van der Waals surface area contributed by atoms with Gasteiger partial charge in [0.1, 0.15) is 10.7 Å². The van der Waals surface area contributed by atoms with Crippen LogP contribution in [0.3, 0.4) is 0 Å². The third-order valence-electron chi connectivity index (χ3n) is 4.04. The van der Waals surface area contributed by atoms with Crippen molar-refractivity contribution in [3.8, 4) is 0 Å². The van der Waals surface area contributed by atoms with Crippen LogP contribution >= 0.6 is 0 Å². The quantitative estimate of drug-likeness (QED) is 0.638. The van der Waals surface area contributed by atoms with Gasteiger partial charge in [-0.15, -0.1) is 0 Å². The molecule has 2 aromatic rings. The molecule has 1 heterocycles. The van der Waals surface area contributed by atoms with Crippen LogP contribution in [-0.2, 0) is 10.8 Å². The number of nitrogens with zero attached hydrogens (tertiary/aromatic N) is 2. The van der Waals surface area contributed by atoms with Gasteiger partial charge >= 0.3 is 0 Å². The molecule has 0 saturated heterocycles. The summed E-state index contributed by atoms with van der Waals surface area (Å²) in [6, 6.07) is 16.9.